The van der Waals surface area contributed by atoms with E-state index in [0.717, 1.165) is 22.3 Å². The van der Waals surface area contributed by atoms with Gasteiger partial charge in [0, 0.05) is 6.42 Å². The van der Waals surface area contributed by atoms with Crippen LogP contribution in [0.3, 0.4) is 0 Å². The van der Waals surface area contributed by atoms with Gasteiger partial charge in [-0.3, -0.25) is 13.6 Å². The van der Waals surface area contributed by atoms with E-state index < -0.39 is 20.0 Å². The molecule has 0 bridgehead atoms. The van der Waals surface area contributed by atoms with E-state index in [1.54, 1.807) is 0 Å². The number of benzene rings is 4. The molecule has 4 aromatic carbocycles. The van der Waals surface area contributed by atoms with Gasteiger partial charge in [0.2, 0.25) is 0 Å². The molecule has 0 saturated heterocycles. The van der Waals surface area contributed by atoms with Gasteiger partial charge in [-0.25, -0.2) is 4.57 Å². The number of hydrogen-bond acceptors (Lipinski definition) is 6. The summed E-state index contributed by atoms with van der Waals surface area (Å²) in [4.78, 5) is 0. The van der Waals surface area contributed by atoms with Gasteiger partial charge in [0.25, 0.3) is 0 Å². The Bertz CT molecular complexity index is 1350. The smallest absolute Gasteiger partial charge is 0.371 e. The Kier molecular flexibility index (Phi) is 11.3. The molecule has 42 heavy (non-hydrogen) atoms. The second-order valence-electron chi connectivity index (χ2n) is 10.2. The lowest BCUT2D eigenvalue weighted by molar-refractivity contribution is -0.0710. The van der Waals surface area contributed by atoms with Crippen LogP contribution >= 0.6 is 7.82 Å². The second kappa shape index (κ2) is 15.8. The third kappa shape index (κ3) is 9.60. The maximum absolute atomic E-state index is 14.2. The third-order valence-corrected chi connectivity index (χ3v) is 8.36. The minimum atomic E-state index is -4.01. The molecule has 4 aromatic rings. The van der Waals surface area contributed by atoms with Crippen LogP contribution in [-0.4, -0.2) is 18.3 Å². The Morgan fingerprint density at radius 3 is 1.45 bits per heavy atom. The van der Waals surface area contributed by atoms with Gasteiger partial charge < -0.3 is 9.47 Å². The molecule has 0 aliphatic heterocycles. The molecule has 0 radical (unpaired) electrons. The Morgan fingerprint density at radius 2 is 0.976 bits per heavy atom. The molecule has 0 saturated carbocycles. The van der Waals surface area contributed by atoms with Gasteiger partial charge >= 0.3 is 7.82 Å². The lowest BCUT2D eigenvalue weighted by Gasteiger charge is -2.30. The highest BCUT2D eigenvalue weighted by molar-refractivity contribution is 7.48. The van der Waals surface area contributed by atoms with Crippen LogP contribution in [0.4, 0.5) is 0 Å². The predicted octanol–water partition coefficient (Wildman–Crippen LogP) is 8.43. The first-order valence-corrected chi connectivity index (χ1v) is 15.7. The van der Waals surface area contributed by atoms with Crippen molar-refractivity contribution in [3.8, 4) is 0 Å². The molecule has 7 heteroatoms. The Morgan fingerprint density at radius 1 is 0.548 bits per heavy atom. The summed E-state index contributed by atoms with van der Waals surface area (Å²) < 4.78 is 45.0. The highest BCUT2D eigenvalue weighted by atomic mass is 31.2. The van der Waals surface area contributed by atoms with Crippen LogP contribution in [0.5, 0.6) is 0 Å². The van der Waals surface area contributed by atoms with Crippen molar-refractivity contribution >= 4 is 7.82 Å². The van der Waals surface area contributed by atoms with Crippen molar-refractivity contribution < 1.29 is 27.6 Å². The summed E-state index contributed by atoms with van der Waals surface area (Å²) in [5.74, 6) is 0. The first-order chi connectivity index (χ1) is 20.7. The average molecular weight is 585 g/mol. The van der Waals surface area contributed by atoms with Gasteiger partial charge in [-0.05, 0) is 28.7 Å². The van der Waals surface area contributed by atoms with Gasteiger partial charge in [0.15, 0.2) is 0 Å². The van der Waals surface area contributed by atoms with E-state index in [1.165, 1.54) is 0 Å². The summed E-state index contributed by atoms with van der Waals surface area (Å²) in [5, 5.41) is 0. The van der Waals surface area contributed by atoms with Crippen molar-refractivity contribution in [2.24, 2.45) is 0 Å². The summed E-state index contributed by atoms with van der Waals surface area (Å²) in [7, 11) is -4.01. The zero-order valence-electron chi connectivity index (χ0n) is 23.6. The molecule has 3 atom stereocenters. The van der Waals surface area contributed by atoms with Gasteiger partial charge in [0.1, 0.15) is 0 Å². The van der Waals surface area contributed by atoms with E-state index in [4.69, 9.17) is 23.0 Å². The van der Waals surface area contributed by atoms with Gasteiger partial charge in [0.05, 0.1) is 44.7 Å². The van der Waals surface area contributed by atoms with Gasteiger partial charge in [-0.2, -0.15) is 0 Å². The lowest BCUT2D eigenvalue weighted by Crippen LogP contribution is -2.33. The molecule has 0 fully saturated rings. The highest BCUT2D eigenvalue weighted by Gasteiger charge is 2.37. The van der Waals surface area contributed by atoms with E-state index in [2.05, 4.69) is 0 Å². The minimum absolute atomic E-state index is 0.0911. The SMILES string of the molecule is O=P(OCc1ccccc1)(OCc1ccccc1)O[C@@H]1CC=C[C@@H](OCc2ccccc2)C[C@H]1OCc1ccccc1. The Balaban J connectivity index is 1.32. The van der Waals surface area contributed by atoms with Crippen molar-refractivity contribution in [3.63, 3.8) is 0 Å². The molecule has 0 unspecified atom stereocenters. The standard InChI is InChI=1S/C35H37O6P/c36-42(39-27-31-18-9-3-10-19-31,40-28-32-20-11-4-12-21-32)41-34-23-13-22-33(37-25-29-14-5-1-6-15-29)24-35(34)38-26-30-16-7-2-8-17-30/h1-22,33-35H,23-28H2/t33-,34-,35-/m1/s1. The van der Waals surface area contributed by atoms with Crippen molar-refractivity contribution in [2.75, 3.05) is 0 Å². The molecular formula is C35H37O6P. The molecule has 0 N–H and O–H groups in total. The maximum atomic E-state index is 14.2. The van der Waals surface area contributed by atoms with Crippen LogP contribution < -0.4 is 0 Å². The molecule has 1 aliphatic carbocycles. The number of rotatable bonds is 14. The van der Waals surface area contributed by atoms with E-state index in [0.29, 0.717) is 26.1 Å². The number of phosphoric ester groups is 1. The minimum Gasteiger partial charge on any atom is -0.371 e. The molecule has 0 amide bonds. The quantitative estimate of drug-likeness (QED) is 0.110. The largest absolute Gasteiger partial charge is 0.475 e. The maximum Gasteiger partial charge on any atom is 0.475 e. The van der Waals surface area contributed by atoms with Gasteiger partial charge in [-0.1, -0.05) is 133 Å². The number of hydrogen-bond donors (Lipinski definition) is 0. The zero-order valence-corrected chi connectivity index (χ0v) is 24.5. The van der Waals surface area contributed by atoms with Crippen LogP contribution in [0.15, 0.2) is 133 Å². The van der Waals surface area contributed by atoms with Crippen LogP contribution in [0.1, 0.15) is 35.1 Å². The monoisotopic (exact) mass is 584 g/mol. The molecule has 6 nitrogen and oxygen atoms in total. The van der Waals surface area contributed by atoms with Crippen LogP contribution in [0.25, 0.3) is 0 Å². The van der Waals surface area contributed by atoms with Crippen molar-refractivity contribution in [1.82, 2.24) is 0 Å². The predicted molar refractivity (Wildman–Crippen MR) is 163 cm³/mol. The fourth-order valence-corrected chi connectivity index (χ4v) is 6.02. The van der Waals surface area contributed by atoms with E-state index in [9.17, 15) is 4.57 Å². The normalized spacial score (nSPS) is 18.9. The zero-order chi connectivity index (χ0) is 28.9. The molecule has 0 spiro atoms. The molecule has 1 aliphatic rings. The highest BCUT2D eigenvalue weighted by Crippen LogP contribution is 2.53. The average Bonchev–Trinajstić information content (AvgIpc) is 3.24. The van der Waals surface area contributed by atoms with Crippen molar-refractivity contribution in [3.05, 3.63) is 156 Å². The third-order valence-electron chi connectivity index (χ3n) is 6.94. The Hall–Kier alpha value is -3.35. The van der Waals surface area contributed by atoms with Crippen LogP contribution in [0.2, 0.25) is 0 Å². The van der Waals surface area contributed by atoms with E-state index >= 15 is 0 Å². The van der Waals surface area contributed by atoms with E-state index in [1.807, 2.05) is 133 Å². The summed E-state index contributed by atoms with van der Waals surface area (Å²) >= 11 is 0. The van der Waals surface area contributed by atoms with Gasteiger partial charge in [-0.15, -0.1) is 0 Å². The van der Waals surface area contributed by atoms with Crippen LogP contribution in [-0.2, 0) is 54.0 Å². The van der Waals surface area contributed by atoms with Crippen molar-refractivity contribution in [1.29, 1.82) is 0 Å². The summed E-state index contributed by atoms with van der Waals surface area (Å²) in [6, 6.07) is 39.2. The van der Waals surface area contributed by atoms with Crippen molar-refractivity contribution in [2.45, 2.75) is 57.6 Å². The second-order valence-corrected chi connectivity index (χ2v) is 11.8. The van der Waals surface area contributed by atoms with E-state index in [-0.39, 0.29) is 19.3 Å². The Labute approximate surface area is 248 Å². The fourth-order valence-electron chi connectivity index (χ4n) is 4.66. The summed E-state index contributed by atoms with van der Waals surface area (Å²) in [6.07, 6.45) is 3.84. The molecule has 218 valence electrons. The molecule has 0 heterocycles. The van der Waals surface area contributed by atoms with Crippen LogP contribution in [0, 0.1) is 0 Å². The first-order valence-electron chi connectivity index (χ1n) is 14.3. The molecule has 0 aromatic heterocycles. The first kappa shape index (κ1) is 30.1. The summed E-state index contributed by atoms with van der Waals surface area (Å²) in [5.41, 5.74) is 3.88. The topological polar surface area (TPSA) is 63.2 Å². The molecular weight excluding hydrogens is 547 g/mol. The summed E-state index contributed by atoms with van der Waals surface area (Å²) in [6.45, 7) is 1.05. The fraction of sp³-hybridized carbons (Fsp3) is 0.257. The molecule has 5 rings (SSSR count). The lowest BCUT2D eigenvalue weighted by atomic mass is 10.1. The number of ether oxygens (including phenoxy) is 2. The number of phosphoric acid groups is 1.